The third-order valence-electron chi connectivity index (χ3n) is 3.15. The highest BCUT2D eigenvalue weighted by molar-refractivity contribution is 5.44. The first-order valence-electron chi connectivity index (χ1n) is 7.73. The van der Waals surface area contributed by atoms with Crippen LogP contribution in [0.1, 0.15) is 11.1 Å². The molecule has 136 valence electrons. The van der Waals surface area contributed by atoms with Gasteiger partial charge in [-0.05, 0) is 44.2 Å². The van der Waals surface area contributed by atoms with Crippen molar-refractivity contribution < 1.29 is 20.2 Å². The Hall–Kier alpha value is -3.54. The minimum Gasteiger partial charge on any atom is -0.508 e. The molecule has 0 fully saturated rings. The van der Waals surface area contributed by atoms with Gasteiger partial charge >= 0.3 is 5.69 Å². The maximum atomic E-state index is 10.1. The van der Waals surface area contributed by atoms with Crippen molar-refractivity contribution in [1.29, 1.82) is 0 Å². The number of aryl methyl sites for hydroxylation is 2. The van der Waals surface area contributed by atoms with Crippen LogP contribution in [-0.2, 0) is 0 Å². The number of phenolic OH excluding ortho intramolecular Hbond substituents is 3. The summed E-state index contributed by atoms with van der Waals surface area (Å²) >= 11 is 0. The van der Waals surface area contributed by atoms with E-state index >= 15 is 0 Å². The number of phenols is 3. The topological polar surface area (TPSA) is 104 Å². The summed E-state index contributed by atoms with van der Waals surface area (Å²) in [6.45, 7) is 3.97. The third kappa shape index (κ3) is 7.83. The highest BCUT2D eigenvalue weighted by Crippen LogP contribution is 2.23. The van der Waals surface area contributed by atoms with Crippen molar-refractivity contribution in [2.45, 2.75) is 13.8 Å². The summed E-state index contributed by atoms with van der Waals surface area (Å²) in [5.74, 6) is 0.360. The molecule has 0 unspecified atom stereocenters. The fraction of sp³-hybridized carbons (Fsp3) is 0.100. The van der Waals surface area contributed by atoms with Gasteiger partial charge in [0.05, 0.1) is 4.92 Å². The molecule has 3 aromatic rings. The lowest BCUT2D eigenvalue weighted by Crippen LogP contribution is -1.86. The SMILES string of the molecule is Cc1ccc(O)cc1.Cc1ccc(O)cc1.O=[N+]([O-])c1ccccc1O. The molecule has 0 aromatic heterocycles. The number of rotatable bonds is 1. The van der Waals surface area contributed by atoms with Crippen LogP contribution < -0.4 is 0 Å². The Labute approximate surface area is 151 Å². The molecule has 3 N–H and O–H groups in total. The lowest BCUT2D eigenvalue weighted by atomic mass is 10.2. The molecule has 0 heterocycles. The van der Waals surface area contributed by atoms with E-state index in [-0.39, 0.29) is 11.4 Å². The van der Waals surface area contributed by atoms with E-state index in [2.05, 4.69) is 0 Å². The fourth-order valence-corrected chi connectivity index (χ4v) is 1.71. The quantitative estimate of drug-likeness (QED) is 0.433. The van der Waals surface area contributed by atoms with Crippen molar-refractivity contribution in [3.63, 3.8) is 0 Å². The third-order valence-corrected chi connectivity index (χ3v) is 3.15. The largest absolute Gasteiger partial charge is 0.508 e. The predicted molar refractivity (Wildman–Crippen MR) is 100 cm³/mol. The Bertz CT molecular complexity index is 729. The van der Waals surface area contributed by atoms with Gasteiger partial charge in [-0.15, -0.1) is 0 Å². The molecule has 26 heavy (non-hydrogen) atoms. The van der Waals surface area contributed by atoms with Crippen LogP contribution in [0.5, 0.6) is 17.2 Å². The number of nitrogens with zero attached hydrogens (tertiary/aromatic N) is 1. The monoisotopic (exact) mass is 355 g/mol. The van der Waals surface area contributed by atoms with Crippen molar-refractivity contribution in [2.24, 2.45) is 0 Å². The maximum absolute atomic E-state index is 10.1. The highest BCUT2D eigenvalue weighted by Gasteiger charge is 2.09. The molecule has 0 atom stereocenters. The van der Waals surface area contributed by atoms with Crippen LogP contribution >= 0.6 is 0 Å². The zero-order valence-corrected chi connectivity index (χ0v) is 14.5. The first-order chi connectivity index (χ1) is 12.3. The molecule has 6 heteroatoms. The number of para-hydroxylation sites is 2. The minimum atomic E-state index is -0.630. The molecule has 6 nitrogen and oxygen atoms in total. The fourth-order valence-electron chi connectivity index (χ4n) is 1.71. The number of aromatic hydroxyl groups is 3. The predicted octanol–water partition coefficient (Wildman–Crippen LogP) is 4.70. The molecular weight excluding hydrogens is 334 g/mol. The number of benzene rings is 3. The Morgan fingerprint density at radius 2 is 1.08 bits per heavy atom. The van der Waals surface area contributed by atoms with Crippen LogP contribution in [0, 0.1) is 24.0 Å². The van der Waals surface area contributed by atoms with Crippen LogP contribution in [0.4, 0.5) is 5.69 Å². The first-order valence-corrected chi connectivity index (χ1v) is 7.73. The van der Waals surface area contributed by atoms with Gasteiger partial charge in [0.2, 0.25) is 0 Å². The standard InChI is InChI=1S/2C7H8O.C6H5NO3/c2*1-6-2-4-7(8)5-3-6;8-6-4-2-1-3-5(6)7(9)10/h2*2-5,8H,1H3;1-4,8H. The molecule has 0 aliphatic carbocycles. The summed E-state index contributed by atoms with van der Waals surface area (Å²) in [5, 5.41) is 36.4. The van der Waals surface area contributed by atoms with Crippen LogP contribution in [0.25, 0.3) is 0 Å². The molecular formula is C20H21NO5. The van der Waals surface area contributed by atoms with E-state index in [1.807, 2.05) is 38.1 Å². The average Bonchev–Trinajstić information content (AvgIpc) is 2.61. The Morgan fingerprint density at radius 1 is 0.692 bits per heavy atom. The summed E-state index contributed by atoms with van der Waals surface area (Å²) in [4.78, 5) is 9.44. The minimum absolute atomic E-state index is 0.262. The Morgan fingerprint density at radius 3 is 1.35 bits per heavy atom. The maximum Gasteiger partial charge on any atom is 0.310 e. The van der Waals surface area contributed by atoms with E-state index in [9.17, 15) is 10.1 Å². The van der Waals surface area contributed by atoms with Gasteiger partial charge in [0.1, 0.15) is 11.5 Å². The second-order valence-corrected chi connectivity index (χ2v) is 5.42. The average molecular weight is 355 g/mol. The molecule has 0 saturated carbocycles. The lowest BCUT2D eigenvalue weighted by Gasteiger charge is -1.91. The van der Waals surface area contributed by atoms with E-state index in [4.69, 9.17) is 15.3 Å². The molecule has 0 aliphatic heterocycles. The molecule has 0 radical (unpaired) electrons. The van der Waals surface area contributed by atoms with E-state index in [0.717, 1.165) is 0 Å². The van der Waals surface area contributed by atoms with Gasteiger partial charge in [-0.3, -0.25) is 10.1 Å². The van der Waals surface area contributed by atoms with Gasteiger partial charge in [-0.1, -0.05) is 47.5 Å². The summed E-state index contributed by atoms with van der Waals surface area (Å²) < 4.78 is 0. The van der Waals surface area contributed by atoms with Gasteiger partial charge in [0.15, 0.2) is 5.75 Å². The zero-order valence-electron chi connectivity index (χ0n) is 14.5. The smallest absolute Gasteiger partial charge is 0.310 e. The van der Waals surface area contributed by atoms with Crippen LogP contribution in [-0.4, -0.2) is 20.2 Å². The van der Waals surface area contributed by atoms with Gasteiger partial charge in [0, 0.05) is 6.07 Å². The van der Waals surface area contributed by atoms with Crippen molar-refractivity contribution >= 4 is 5.69 Å². The molecule has 0 spiro atoms. The Kier molecular flexibility index (Phi) is 8.16. The van der Waals surface area contributed by atoms with Gasteiger partial charge < -0.3 is 15.3 Å². The summed E-state index contributed by atoms with van der Waals surface area (Å²) in [5.41, 5.74) is 2.08. The van der Waals surface area contributed by atoms with Gasteiger partial charge in [-0.25, -0.2) is 0 Å². The number of hydrogen-bond acceptors (Lipinski definition) is 5. The number of hydrogen-bond donors (Lipinski definition) is 3. The molecule has 3 rings (SSSR count). The molecule has 0 aliphatic rings. The highest BCUT2D eigenvalue weighted by atomic mass is 16.6. The van der Waals surface area contributed by atoms with E-state index in [1.54, 1.807) is 24.3 Å². The van der Waals surface area contributed by atoms with Crippen molar-refractivity contribution in [2.75, 3.05) is 0 Å². The van der Waals surface area contributed by atoms with Crippen LogP contribution in [0.15, 0.2) is 72.8 Å². The zero-order chi connectivity index (χ0) is 19.5. The van der Waals surface area contributed by atoms with Crippen LogP contribution in [0.2, 0.25) is 0 Å². The van der Waals surface area contributed by atoms with Crippen LogP contribution in [0.3, 0.4) is 0 Å². The molecule has 0 amide bonds. The summed E-state index contributed by atoms with van der Waals surface area (Å²) in [6, 6.07) is 19.7. The second-order valence-electron chi connectivity index (χ2n) is 5.42. The van der Waals surface area contributed by atoms with Crippen molar-refractivity contribution in [3.8, 4) is 17.2 Å². The van der Waals surface area contributed by atoms with E-state index in [0.29, 0.717) is 11.5 Å². The summed E-state index contributed by atoms with van der Waals surface area (Å²) in [7, 11) is 0. The molecule has 0 saturated heterocycles. The van der Waals surface area contributed by atoms with Crippen molar-refractivity contribution in [1.82, 2.24) is 0 Å². The van der Waals surface area contributed by atoms with E-state index in [1.165, 1.54) is 35.4 Å². The lowest BCUT2D eigenvalue weighted by molar-refractivity contribution is -0.385. The summed E-state index contributed by atoms with van der Waals surface area (Å²) in [6.07, 6.45) is 0. The normalized spacial score (nSPS) is 9.15. The van der Waals surface area contributed by atoms with E-state index < -0.39 is 4.92 Å². The molecule has 3 aromatic carbocycles. The van der Waals surface area contributed by atoms with Gasteiger partial charge in [-0.2, -0.15) is 0 Å². The molecule has 0 bridgehead atoms. The second kappa shape index (κ2) is 10.4. The van der Waals surface area contributed by atoms with Crippen molar-refractivity contribution in [3.05, 3.63) is 94.0 Å². The number of nitro groups is 1. The first kappa shape index (κ1) is 20.5. The number of nitro benzene ring substituents is 1. The Balaban J connectivity index is 0.000000197. The van der Waals surface area contributed by atoms with Gasteiger partial charge in [0.25, 0.3) is 0 Å².